The van der Waals surface area contributed by atoms with Crippen molar-refractivity contribution < 1.29 is 4.39 Å². The Hall–Kier alpha value is -1.16. The summed E-state index contributed by atoms with van der Waals surface area (Å²) in [5.41, 5.74) is 0.685. The van der Waals surface area contributed by atoms with Crippen LogP contribution in [0.2, 0.25) is 0 Å². The number of pyridine rings is 1. The number of halogens is 1. The van der Waals surface area contributed by atoms with Gasteiger partial charge in [-0.2, -0.15) is 0 Å². The highest BCUT2D eigenvalue weighted by Gasteiger charge is 2.21. The Bertz CT molecular complexity index is 361. The minimum absolute atomic E-state index is 0.189. The van der Waals surface area contributed by atoms with E-state index >= 15 is 0 Å². The van der Waals surface area contributed by atoms with Gasteiger partial charge in [0.2, 0.25) is 0 Å². The topological polar surface area (TPSA) is 37.0 Å². The molecule has 0 radical (unpaired) electrons. The Morgan fingerprint density at radius 1 is 1.50 bits per heavy atom. The molecule has 0 aliphatic heterocycles. The number of hydrogen-bond acceptors (Lipinski definition) is 3. The Morgan fingerprint density at radius 2 is 2.25 bits per heavy atom. The molecule has 2 N–H and O–H groups in total. The zero-order chi connectivity index (χ0) is 11.5. The van der Waals surface area contributed by atoms with Gasteiger partial charge in [-0.15, -0.1) is 0 Å². The number of aromatic nitrogens is 1. The summed E-state index contributed by atoms with van der Waals surface area (Å²) in [5, 5.41) is 6.30. The van der Waals surface area contributed by atoms with E-state index in [-0.39, 0.29) is 11.9 Å². The van der Waals surface area contributed by atoms with Crippen molar-refractivity contribution >= 4 is 5.82 Å². The average molecular weight is 223 g/mol. The van der Waals surface area contributed by atoms with Gasteiger partial charge in [-0.05, 0) is 32.8 Å². The van der Waals surface area contributed by atoms with Crippen molar-refractivity contribution in [3.63, 3.8) is 0 Å². The first kappa shape index (κ1) is 11.3. The lowest BCUT2D eigenvalue weighted by Gasteiger charge is -2.12. The molecule has 1 aromatic heterocycles. The first-order valence-corrected chi connectivity index (χ1v) is 5.80. The smallest absolute Gasteiger partial charge is 0.169 e. The van der Waals surface area contributed by atoms with Crippen LogP contribution in [0.15, 0.2) is 12.3 Å². The molecule has 0 saturated heterocycles. The molecule has 1 fully saturated rings. The van der Waals surface area contributed by atoms with Crippen LogP contribution < -0.4 is 10.6 Å². The van der Waals surface area contributed by atoms with E-state index in [9.17, 15) is 4.39 Å². The highest BCUT2D eigenvalue weighted by molar-refractivity contribution is 5.40. The van der Waals surface area contributed by atoms with Crippen molar-refractivity contribution in [1.82, 2.24) is 10.3 Å². The predicted molar refractivity (Wildman–Crippen MR) is 62.8 cm³/mol. The summed E-state index contributed by atoms with van der Waals surface area (Å²) < 4.78 is 13.9. The first-order valence-electron chi connectivity index (χ1n) is 5.80. The molecule has 0 unspecified atom stereocenters. The third kappa shape index (κ3) is 2.92. The number of anilines is 1. The van der Waals surface area contributed by atoms with Crippen LogP contribution in [-0.2, 0) is 6.54 Å². The zero-order valence-corrected chi connectivity index (χ0v) is 9.76. The molecule has 1 saturated carbocycles. The molecule has 1 aliphatic rings. The van der Waals surface area contributed by atoms with E-state index in [0.717, 1.165) is 0 Å². The Morgan fingerprint density at radius 3 is 2.88 bits per heavy atom. The Balaban J connectivity index is 2.05. The van der Waals surface area contributed by atoms with E-state index < -0.39 is 0 Å². The fourth-order valence-corrected chi connectivity index (χ4v) is 1.54. The van der Waals surface area contributed by atoms with Crippen LogP contribution in [0.4, 0.5) is 10.2 Å². The van der Waals surface area contributed by atoms with Gasteiger partial charge in [0.15, 0.2) is 11.6 Å². The van der Waals surface area contributed by atoms with Crippen LogP contribution in [0, 0.1) is 5.82 Å². The van der Waals surface area contributed by atoms with E-state index in [1.165, 1.54) is 12.8 Å². The largest absolute Gasteiger partial charge is 0.365 e. The van der Waals surface area contributed by atoms with E-state index in [1.54, 1.807) is 12.3 Å². The molecule has 2 rings (SSSR count). The van der Waals surface area contributed by atoms with Crippen LogP contribution in [0.1, 0.15) is 32.3 Å². The van der Waals surface area contributed by atoms with Gasteiger partial charge in [0.05, 0.1) is 0 Å². The van der Waals surface area contributed by atoms with E-state index in [4.69, 9.17) is 0 Å². The van der Waals surface area contributed by atoms with E-state index in [2.05, 4.69) is 15.6 Å². The lowest BCUT2D eigenvalue weighted by atomic mass is 10.2. The molecule has 0 spiro atoms. The maximum atomic E-state index is 13.9. The minimum atomic E-state index is -0.232. The van der Waals surface area contributed by atoms with E-state index in [1.807, 2.05) is 13.8 Å². The lowest BCUT2D eigenvalue weighted by molar-refractivity contribution is 0.582. The molecule has 1 aliphatic carbocycles. The van der Waals surface area contributed by atoms with Gasteiger partial charge >= 0.3 is 0 Å². The van der Waals surface area contributed by atoms with Crippen molar-refractivity contribution in [2.45, 2.75) is 45.3 Å². The maximum Gasteiger partial charge on any atom is 0.169 e. The second kappa shape index (κ2) is 4.78. The number of rotatable bonds is 5. The summed E-state index contributed by atoms with van der Waals surface area (Å²) in [6, 6.07) is 2.51. The highest BCUT2D eigenvalue weighted by Crippen LogP contribution is 2.21. The molecule has 3 nitrogen and oxygen atoms in total. The van der Waals surface area contributed by atoms with Gasteiger partial charge in [0.1, 0.15) is 0 Å². The van der Waals surface area contributed by atoms with Gasteiger partial charge < -0.3 is 10.6 Å². The summed E-state index contributed by atoms with van der Waals surface area (Å²) in [4.78, 5) is 4.01. The van der Waals surface area contributed by atoms with Gasteiger partial charge in [0.25, 0.3) is 0 Å². The van der Waals surface area contributed by atoms with E-state index in [0.29, 0.717) is 24.0 Å². The van der Waals surface area contributed by atoms with Crippen LogP contribution >= 0.6 is 0 Å². The summed E-state index contributed by atoms with van der Waals surface area (Å²) in [7, 11) is 0. The third-order valence-corrected chi connectivity index (χ3v) is 2.55. The number of nitrogens with zero attached hydrogens (tertiary/aromatic N) is 1. The van der Waals surface area contributed by atoms with Crippen molar-refractivity contribution in [3.8, 4) is 0 Å². The van der Waals surface area contributed by atoms with Crippen molar-refractivity contribution in [2.75, 3.05) is 5.32 Å². The van der Waals surface area contributed by atoms with Gasteiger partial charge in [-0.3, -0.25) is 0 Å². The predicted octanol–water partition coefficient (Wildman–Crippen LogP) is 2.29. The van der Waals surface area contributed by atoms with Crippen molar-refractivity contribution in [1.29, 1.82) is 0 Å². The van der Waals surface area contributed by atoms with Crippen molar-refractivity contribution in [3.05, 3.63) is 23.6 Å². The monoisotopic (exact) mass is 223 g/mol. The molecule has 1 aromatic rings. The summed E-state index contributed by atoms with van der Waals surface area (Å²) in [5.74, 6) is 0.120. The normalized spacial score (nSPS) is 15.5. The molecular weight excluding hydrogens is 205 g/mol. The van der Waals surface area contributed by atoms with Crippen LogP contribution in [0.5, 0.6) is 0 Å². The third-order valence-electron chi connectivity index (χ3n) is 2.55. The maximum absolute atomic E-state index is 13.9. The second-order valence-electron chi connectivity index (χ2n) is 4.59. The lowest BCUT2D eigenvalue weighted by Crippen LogP contribution is -2.18. The quantitative estimate of drug-likeness (QED) is 0.804. The number of hydrogen-bond donors (Lipinski definition) is 2. The fraction of sp³-hybridized carbons (Fsp3) is 0.583. The second-order valence-corrected chi connectivity index (χ2v) is 4.59. The summed E-state index contributed by atoms with van der Waals surface area (Å²) in [6.45, 7) is 4.53. The van der Waals surface area contributed by atoms with Gasteiger partial charge in [0, 0.05) is 30.4 Å². The zero-order valence-electron chi connectivity index (χ0n) is 9.76. The SMILES string of the molecule is CC(C)Nc1nccc(CNC2CC2)c1F. The molecule has 0 atom stereocenters. The molecule has 1 heterocycles. The molecule has 0 aromatic carbocycles. The fourth-order valence-electron chi connectivity index (χ4n) is 1.54. The van der Waals surface area contributed by atoms with Crippen molar-refractivity contribution in [2.24, 2.45) is 0 Å². The molecule has 88 valence electrons. The van der Waals surface area contributed by atoms with Gasteiger partial charge in [-0.1, -0.05) is 0 Å². The highest BCUT2D eigenvalue weighted by atomic mass is 19.1. The van der Waals surface area contributed by atoms with Crippen LogP contribution in [0.3, 0.4) is 0 Å². The molecule has 16 heavy (non-hydrogen) atoms. The Labute approximate surface area is 95.5 Å². The van der Waals surface area contributed by atoms with Crippen LogP contribution in [-0.4, -0.2) is 17.1 Å². The average Bonchev–Trinajstić information content (AvgIpc) is 3.02. The molecule has 0 amide bonds. The van der Waals surface area contributed by atoms with Crippen LogP contribution in [0.25, 0.3) is 0 Å². The Kier molecular flexibility index (Phi) is 3.39. The summed E-state index contributed by atoms with van der Waals surface area (Å²) in [6.07, 6.45) is 4.07. The number of nitrogens with one attached hydrogen (secondary N) is 2. The molecule has 4 heteroatoms. The summed E-state index contributed by atoms with van der Waals surface area (Å²) >= 11 is 0. The molecular formula is C12H18FN3. The molecule has 0 bridgehead atoms. The standard InChI is InChI=1S/C12H18FN3/c1-8(2)16-12-11(13)9(5-6-14-12)7-15-10-3-4-10/h5-6,8,10,15H,3-4,7H2,1-2H3,(H,14,16). The minimum Gasteiger partial charge on any atom is -0.365 e. The first-order chi connectivity index (χ1) is 7.66. The van der Waals surface area contributed by atoms with Gasteiger partial charge in [-0.25, -0.2) is 9.37 Å².